The Labute approximate surface area is 156 Å². The van der Waals surface area contributed by atoms with Gasteiger partial charge in [-0.1, -0.05) is 54.1 Å². The van der Waals surface area contributed by atoms with E-state index in [9.17, 15) is 5.26 Å². The second-order valence-electron chi connectivity index (χ2n) is 6.66. The normalized spacial score (nSPS) is 10.9. The van der Waals surface area contributed by atoms with Crippen molar-refractivity contribution in [3.05, 3.63) is 82.0 Å². The van der Waals surface area contributed by atoms with E-state index in [0.29, 0.717) is 17.7 Å². The van der Waals surface area contributed by atoms with Crippen LogP contribution in [-0.4, -0.2) is 10.2 Å². The van der Waals surface area contributed by atoms with E-state index in [-0.39, 0.29) is 11.1 Å². The Morgan fingerprint density at radius 3 is 2.63 bits per heavy atom. The van der Waals surface area contributed by atoms with Crippen molar-refractivity contribution in [2.45, 2.75) is 20.3 Å². The number of aryl methyl sites for hydroxylation is 2. The van der Waals surface area contributed by atoms with E-state index < -0.39 is 0 Å². The Balaban J connectivity index is 2.04. The molecular formula is C22H18N4O. The SMILES string of the molecule is Cc1ccc(-c2c(C#N)c(=N)oc3n[nH]c(Cc4ccccc4)c23)c(C)c1. The molecule has 2 aromatic carbocycles. The molecule has 0 spiro atoms. The third-order valence-electron chi connectivity index (χ3n) is 4.72. The van der Waals surface area contributed by atoms with Crippen molar-refractivity contribution in [2.24, 2.45) is 0 Å². The van der Waals surface area contributed by atoms with Gasteiger partial charge in [0.1, 0.15) is 11.6 Å². The number of nitrogens with zero attached hydrogens (tertiary/aromatic N) is 2. The number of hydrogen-bond donors (Lipinski definition) is 2. The second kappa shape index (κ2) is 6.58. The molecule has 27 heavy (non-hydrogen) atoms. The molecule has 0 radical (unpaired) electrons. The molecule has 2 N–H and O–H groups in total. The zero-order valence-electron chi connectivity index (χ0n) is 15.1. The largest absolute Gasteiger partial charge is 0.418 e. The predicted molar refractivity (Wildman–Crippen MR) is 103 cm³/mol. The Morgan fingerprint density at radius 1 is 1.15 bits per heavy atom. The summed E-state index contributed by atoms with van der Waals surface area (Å²) in [6.07, 6.45) is 0.632. The van der Waals surface area contributed by atoms with E-state index in [1.807, 2.05) is 56.3 Å². The summed E-state index contributed by atoms with van der Waals surface area (Å²) in [7, 11) is 0. The number of fused-ring (bicyclic) bond motifs is 1. The van der Waals surface area contributed by atoms with Gasteiger partial charge < -0.3 is 4.42 Å². The maximum Gasteiger partial charge on any atom is 0.248 e. The van der Waals surface area contributed by atoms with Crippen LogP contribution in [-0.2, 0) is 6.42 Å². The van der Waals surface area contributed by atoms with Crippen LogP contribution in [0.4, 0.5) is 0 Å². The molecule has 5 heteroatoms. The zero-order chi connectivity index (χ0) is 19.0. The topological polar surface area (TPSA) is 89.5 Å². The van der Waals surface area contributed by atoms with Crippen LogP contribution in [0.1, 0.15) is 27.9 Å². The van der Waals surface area contributed by atoms with Gasteiger partial charge in [-0.05, 0) is 30.5 Å². The summed E-state index contributed by atoms with van der Waals surface area (Å²) >= 11 is 0. The summed E-state index contributed by atoms with van der Waals surface area (Å²) in [5.74, 6) is 0. The number of aromatic amines is 1. The number of nitrogens with one attached hydrogen (secondary N) is 2. The minimum Gasteiger partial charge on any atom is -0.418 e. The lowest BCUT2D eigenvalue weighted by Gasteiger charge is -2.11. The molecule has 2 aromatic heterocycles. The Morgan fingerprint density at radius 2 is 1.93 bits per heavy atom. The van der Waals surface area contributed by atoms with Crippen LogP contribution in [0.3, 0.4) is 0 Å². The number of hydrogen-bond acceptors (Lipinski definition) is 4. The van der Waals surface area contributed by atoms with Gasteiger partial charge in [0.2, 0.25) is 11.3 Å². The van der Waals surface area contributed by atoms with Gasteiger partial charge in [0.15, 0.2) is 0 Å². The van der Waals surface area contributed by atoms with Gasteiger partial charge in [-0.3, -0.25) is 10.5 Å². The molecule has 4 aromatic rings. The van der Waals surface area contributed by atoms with Gasteiger partial charge in [-0.25, -0.2) is 0 Å². The number of aromatic nitrogens is 2. The zero-order valence-corrected chi connectivity index (χ0v) is 15.1. The van der Waals surface area contributed by atoms with Crippen molar-refractivity contribution in [1.29, 1.82) is 10.7 Å². The summed E-state index contributed by atoms with van der Waals surface area (Å²) in [6.45, 7) is 4.05. The highest BCUT2D eigenvalue weighted by Crippen LogP contribution is 2.34. The van der Waals surface area contributed by atoms with Crippen LogP contribution < -0.4 is 5.55 Å². The molecular weight excluding hydrogens is 336 g/mol. The molecule has 132 valence electrons. The molecule has 4 rings (SSSR count). The molecule has 0 saturated carbocycles. The van der Waals surface area contributed by atoms with E-state index in [2.05, 4.69) is 22.3 Å². The van der Waals surface area contributed by atoms with Crippen molar-refractivity contribution in [3.63, 3.8) is 0 Å². The second-order valence-corrected chi connectivity index (χ2v) is 6.66. The highest BCUT2D eigenvalue weighted by atomic mass is 16.3. The van der Waals surface area contributed by atoms with Crippen LogP contribution in [0.15, 0.2) is 52.9 Å². The Hall–Kier alpha value is -3.65. The number of benzene rings is 2. The molecule has 0 saturated heterocycles. The molecule has 0 atom stereocenters. The van der Waals surface area contributed by atoms with Gasteiger partial charge in [0.05, 0.1) is 11.1 Å². The minimum absolute atomic E-state index is 0.169. The van der Waals surface area contributed by atoms with Crippen LogP contribution >= 0.6 is 0 Å². The number of H-pyrrole nitrogens is 1. The first-order valence-corrected chi connectivity index (χ1v) is 8.68. The summed E-state index contributed by atoms with van der Waals surface area (Å²) in [6, 6.07) is 18.3. The summed E-state index contributed by atoms with van der Waals surface area (Å²) in [5, 5.41) is 25.9. The first-order chi connectivity index (χ1) is 13.1. The summed E-state index contributed by atoms with van der Waals surface area (Å²) in [4.78, 5) is 0. The van der Waals surface area contributed by atoms with Crippen LogP contribution in [0.25, 0.3) is 22.2 Å². The summed E-state index contributed by atoms with van der Waals surface area (Å²) < 4.78 is 5.53. The molecule has 2 heterocycles. The van der Waals surface area contributed by atoms with Crippen LogP contribution in [0, 0.1) is 30.6 Å². The molecule has 0 amide bonds. The standard InChI is InChI=1S/C22H18N4O/c1-13-8-9-16(14(2)10-13)19-17(12-23)21(24)27-22-20(19)18(25-26-22)11-15-6-4-3-5-7-15/h3-10,24H,11H2,1-2H3,(H,25,26). The van der Waals surface area contributed by atoms with E-state index in [4.69, 9.17) is 9.83 Å². The Kier molecular flexibility index (Phi) is 4.09. The van der Waals surface area contributed by atoms with E-state index in [1.165, 1.54) is 0 Å². The maximum atomic E-state index is 9.72. The average molecular weight is 354 g/mol. The third kappa shape index (κ3) is 2.91. The lowest BCUT2D eigenvalue weighted by atomic mass is 9.92. The molecule has 5 nitrogen and oxygen atoms in total. The lowest BCUT2D eigenvalue weighted by Crippen LogP contribution is -2.08. The summed E-state index contributed by atoms with van der Waals surface area (Å²) in [5.41, 5.74) is 6.22. The fourth-order valence-corrected chi connectivity index (χ4v) is 3.48. The van der Waals surface area contributed by atoms with Gasteiger partial charge >= 0.3 is 0 Å². The minimum atomic E-state index is -0.169. The predicted octanol–water partition coefficient (Wildman–Crippen LogP) is 4.38. The highest BCUT2D eigenvalue weighted by molar-refractivity contribution is 5.97. The molecule has 0 bridgehead atoms. The number of rotatable bonds is 3. The highest BCUT2D eigenvalue weighted by Gasteiger charge is 2.21. The van der Waals surface area contributed by atoms with Crippen molar-refractivity contribution in [2.75, 3.05) is 0 Å². The molecule has 0 aliphatic rings. The molecule has 0 unspecified atom stereocenters. The molecule has 0 aliphatic heterocycles. The molecule has 0 fully saturated rings. The van der Waals surface area contributed by atoms with Crippen LogP contribution in [0.2, 0.25) is 0 Å². The van der Waals surface area contributed by atoms with E-state index in [0.717, 1.165) is 33.3 Å². The van der Waals surface area contributed by atoms with Gasteiger partial charge in [-0.15, -0.1) is 5.10 Å². The monoisotopic (exact) mass is 354 g/mol. The van der Waals surface area contributed by atoms with Gasteiger partial charge in [0, 0.05) is 12.0 Å². The van der Waals surface area contributed by atoms with Gasteiger partial charge in [0.25, 0.3) is 0 Å². The first-order valence-electron chi connectivity index (χ1n) is 8.68. The fourth-order valence-electron chi connectivity index (χ4n) is 3.48. The average Bonchev–Trinajstić information content (AvgIpc) is 3.04. The van der Waals surface area contributed by atoms with Crippen molar-refractivity contribution < 1.29 is 4.42 Å². The van der Waals surface area contributed by atoms with E-state index >= 15 is 0 Å². The lowest BCUT2D eigenvalue weighted by molar-refractivity contribution is 0.520. The number of nitriles is 1. The van der Waals surface area contributed by atoms with Crippen molar-refractivity contribution in [3.8, 4) is 17.2 Å². The quantitative estimate of drug-likeness (QED) is 0.572. The molecule has 0 aliphatic carbocycles. The third-order valence-corrected chi connectivity index (χ3v) is 4.72. The van der Waals surface area contributed by atoms with E-state index in [1.54, 1.807) is 0 Å². The Bertz CT molecular complexity index is 1240. The van der Waals surface area contributed by atoms with Crippen molar-refractivity contribution in [1.82, 2.24) is 10.2 Å². The smallest absolute Gasteiger partial charge is 0.248 e. The van der Waals surface area contributed by atoms with Crippen LogP contribution in [0.5, 0.6) is 0 Å². The maximum absolute atomic E-state index is 9.72. The van der Waals surface area contributed by atoms with Crippen molar-refractivity contribution >= 4 is 11.1 Å². The first kappa shape index (κ1) is 16.8. The van der Waals surface area contributed by atoms with Gasteiger partial charge in [-0.2, -0.15) is 5.26 Å². The fraction of sp³-hybridized carbons (Fsp3) is 0.136.